The third-order valence-corrected chi connectivity index (χ3v) is 3.13. The SMILES string of the molecule is COc1cccc(Cc2nccc3nc(Br)nn23)c1. The van der Waals surface area contributed by atoms with Gasteiger partial charge in [0.15, 0.2) is 5.65 Å². The van der Waals surface area contributed by atoms with Crippen molar-refractivity contribution in [3.8, 4) is 5.75 Å². The van der Waals surface area contributed by atoms with Gasteiger partial charge in [-0.25, -0.2) is 9.97 Å². The van der Waals surface area contributed by atoms with Gasteiger partial charge in [0, 0.05) is 18.7 Å². The summed E-state index contributed by atoms with van der Waals surface area (Å²) in [6.45, 7) is 0. The Hall–Kier alpha value is -1.95. The van der Waals surface area contributed by atoms with E-state index in [2.05, 4.69) is 31.0 Å². The van der Waals surface area contributed by atoms with E-state index in [-0.39, 0.29) is 0 Å². The molecule has 0 aliphatic rings. The van der Waals surface area contributed by atoms with Gasteiger partial charge in [-0.15, -0.1) is 5.10 Å². The summed E-state index contributed by atoms with van der Waals surface area (Å²) >= 11 is 3.28. The highest BCUT2D eigenvalue weighted by Gasteiger charge is 2.07. The number of nitrogens with zero attached hydrogens (tertiary/aromatic N) is 4. The minimum atomic E-state index is 0.562. The number of aromatic nitrogens is 4. The summed E-state index contributed by atoms with van der Waals surface area (Å²) in [4.78, 5) is 8.62. The van der Waals surface area contributed by atoms with Gasteiger partial charge in [0.1, 0.15) is 11.6 Å². The van der Waals surface area contributed by atoms with Crippen LogP contribution < -0.4 is 4.74 Å². The molecular formula is C13H11BrN4O. The van der Waals surface area contributed by atoms with Gasteiger partial charge in [0.25, 0.3) is 0 Å². The quantitative estimate of drug-likeness (QED) is 0.744. The van der Waals surface area contributed by atoms with Crippen molar-refractivity contribution in [1.82, 2.24) is 19.6 Å². The van der Waals surface area contributed by atoms with Crippen LogP contribution in [-0.2, 0) is 6.42 Å². The number of rotatable bonds is 3. The average Bonchev–Trinajstić information content (AvgIpc) is 2.80. The first kappa shape index (κ1) is 12.1. The van der Waals surface area contributed by atoms with E-state index < -0.39 is 0 Å². The number of benzene rings is 1. The lowest BCUT2D eigenvalue weighted by molar-refractivity contribution is 0.414. The molecule has 0 amide bonds. The second-order valence-electron chi connectivity index (χ2n) is 4.04. The number of fused-ring (bicyclic) bond motifs is 1. The highest BCUT2D eigenvalue weighted by molar-refractivity contribution is 9.10. The Morgan fingerprint density at radius 3 is 3.05 bits per heavy atom. The average molecular weight is 319 g/mol. The molecule has 0 spiro atoms. The molecule has 3 rings (SSSR count). The maximum atomic E-state index is 5.22. The second-order valence-corrected chi connectivity index (χ2v) is 4.75. The topological polar surface area (TPSA) is 52.3 Å². The van der Waals surface area contributed by atoms with Crippen molar-refractivity contribution in [3.05, 3.63) is 52.7 Å². The molecule has 19 heavy (non-hydrogen) atoms. The minimum Gasteiger partial charge on any atom is -0.497 e. The molecule has 0 unspecified atom stereocenters. The van der Waals surface area contributed by atoms with Gasteiger partial charge in [-0.05, 0) is 33.6 Å². The Labute approximate surface area is 118 Å². The van der Waals surface area contributed by atoms with Crippen LogP contribution in [0.4, 0.5) is 0 Å². The number of hydrogen-bond donors (Lipinski definition) is 0. The van der Waals surface area contributed by atoms with E-state index in [4.69, 9.17) is 4.74 Å². The van der Waals surface area contributed by atoms with E-state index in [1.807, 2.05) is 30.3 Å². The molecule has 0 atom stereocenters. The van der Waals surface area contributed by atoms with Gasteiger partial charge in [0.05, 0.1) is 7.11 Å². The molecule has 5 nitrogen and oxygen atoms in total. The highest BCUT2D eigenvalue weighted by atomic mass is 79.9. The molecule has 0 aliphatic carbocycles. The lowest BCUT2D eigenvalue weighted by atomic mass is 10.1. The molecule has 2 aromatic heterocycles. The van der Waals surface area contributed by atoms with Crippen molar-refractivity contribution in [2.45, 2.75) is 6.42 Å². The monoisotopic (exact) mass is 318 g/mol. The lowest BCUT2D eigenvalue weighted by Gasteiger charge is -2.05. The fourth-order valence-electron chi connectivity index (χ4n) is 1.93. The van der Waals surface area contributed by atoms with Crippen LogP contribution in [0.1, 0.15) is 11.4 Å². The first-order chi connectivity index (χ1) is 9.26. The van der Waals surface area contributed by atoms with Crippen LogP contribution >= 0.6 is 15.9 Å². The van der Waals surface area contributed by atoms with Crippen LogP contribution in [0, 0.1) is 0 Å². The zero-order valence-electron chi connectivity index (χ0n) is 10.2. The third kappa shape index (κ3) is 2.44. The number of ether oxygens (including phenoxy) is 1. The van der Waals surface area contributed by atoms with Gasteiger partial charge >= 0.3 is 0 Å². The summed E-state index contributed by atoms with van der Waals surface area (Å²) in [6, 6.07) is 9.74. The van der Waals surface area contributed by atoms with Gasteiger partial charge in [0.2, 0.25) is 4.73 Å². The van der Waals surface area contributed by atoms with Crippen LogP contribution in [0.2, 0.25) is 0 Å². The number of methoxy groups -OCH3 is 1. The van der Waals surface area contributed by atoms with Crippen LogP contribution in [0.15, 0.2) is 41.3 Å². The molecule has 0 saturated heterocycles. The zero-order valence-corrected chi connectivity index (χ0v) is 11.8. The first-order valence-corrected chi connectivity index (χ1v) is 6.54. The second kappa shape index (κ2) is 4.97. The summed E-state index contributed by atoms with van der Waals surface area (Å²) in [6.07, 6.45) is 2.41. The minimum absolute atomic E-state index is 0.562. The molecule has 6 heteroatoms. The molecule has 0 N–H and O–H groups in total. The number of hydrogen-bond acceptors (Lipinski definition) is 4. The van der Waals surface area contributed by atoms with Crippen molar-refractivity contribution < 1.29 is 4.74 Å². The molecule has 2 heterocycles. The zero-order chi connectivity index (χ0) is 13.2. The third-order valence-electron chi connectivity index (χ3n) is 2.79. The summed E-state index contributed by atoms with van der Waals surface area (Å²) in [5, 5.41) is 4.28. The Bertz CT molecular complexity index is 725. The molecule has 0 fully saturated rings. The van der Waals surface area contributed by atoms with Gasteiger partial charge in [-0.2, -0.15) is 4.52 Å². The lowest BCUT2D eigenvalue weighted by Crippen LogP contribution is -2.03. The van der Waals surface area contributed by atoms with E-state index in [0.29, 0.717) is 11.2 Å². The van der Waals surface area contributed by atoms with Gasteiger partial charge in [-0.3, -0.25) is 0 Å². The summed E-state index contributed by atoms with van der Waals surface area (Å²) < 4.78 is 7.52. The molecule has 0 saturated carbocycles. The Morgan fingerprint density at radius 1 is 1.32 bits per heavy atom. The van der Waals surface area contributed by atoms with Gasteiger partial charge in [-0.1, -0.05) is 12.1 Å². The van der Waals surface area contributed by atoms with Crippen molar-refractivity contribution in [3.63, 3.8) is 0 Å². The van der Waals surface area contributed by atoms with Crippen LogP contribution in [0.5, 0.6) is 5.75 Å². The van der Waals surface area contributed by atoms with E-state index >= 15 is 0 Å². The smallest absolute Gasteiger partial charge is 0.218 e. The van der Waals surface area contributed by atoms with E-state index in [9.17, 15) is 0 Å². The Kier molecular flexibility index (Phi) is 3.16. The van der Waals surface area contributed by atoms with Crippen LogP contribution in [-0.4, -0.2) is 26.7 Å². The number of halogens is 1. The fraction of sp³-hybridized carbons (Fsp3) is 0.154. The standard InChI is InChI=1S/C13H11BrN4O/c1-19-10-4-2-3-9(7-10)8-12-15-6-5-11-16-13(14)17-18(11)12/h2-7H,8H2,1H3. The molecule has 1 aromatic carbocycles. The molecule has 0 aliphatic heterocycles. The molecule has 3 aromatic rings. The predicted molar refractivity (Wildman–Crippen MR) is 74.3 cm³/mol. The van der Waals surface area contributed by atoms with Crippen molar-refractivity contribution in [1.29, 1.82) is 0 Å². The molecule has 0 bridgehead atoms. The van der Waals surface area contributed by atoms with Crippen molar-refractivity contribution >= 4 is 21.6 Å². The largest absolute Gasteiger partial charge is 0.497 e. The van der Waals surface area contributed by atoms with Crippen LogP contribution in [0.25, 0.3) is 5.65 Å². The van der Waals surface area contributed by atoms with Crippen molar-refractivity contribution in [2.24, 2.45) is 0 Å². The summed E-state index contributed by atoms with van der Waals surface area (Å²) in [5.74, 6) is 1.67. The Morgan fingerprint density at radius 2 is 2.21 bits per heavy atom. The van der Waals surface area contributed by atoms with Crippen molar-refractivity contribution in [2.75, 3.05) is 7.11 Å². The maximum absolute atomic E-state index is 5.22. The Balaban J connectivity index is 2.00. The molecule has 0 radical (unpaired) electrons. The first-order valence-electron chi connectivity index (χ1n) is 5.75. The normalized spacial score (nSPS) is 10.8. The predicted octanol–water partition coefficient (Wildman–Crippen LogP) is 2.49. The van der Waals surface area contributed by atoms with Gasteiger partial charge < -0.3 is 4.74 Å². The van der Waals surface area contributed by atoms with E-state index in [0.717, 1.165) is 22.8 Å². The maximum Gasteiger partial charge on any atom is 0.218 e. The highest BCUT2D eigenvalue weighted by Crippen LogP contribution is 2.16. The summed E-state index contributed by atoms with van der Waals surface area (Å²) in [5.41, 5.74) is 1.89. The molecule has 96 valence electrons. The van der Waals surface area contributed by atoms with E-state index in [1.54, 1.807) is 17.8 Å². The summed E-state index contributed by atoms with van der Waals surface area (Å²) in [7, 11) is 1.66. The molecular weight excluding hydrogens is 308 g/mol. The fourth-order valence-corrected chi connectivity index (χ4v) is 2.27. The van der Waals surface area contributed by atoms with E-state index in [1.165, 1.54) is 0 Å². The van der Waals surface area contributed by atoms with Crippen LogP contribution in [0.3, 0.4) is 0 Å².